The zero-order chi connectivity index (χ0) is 14.0. The van der Waals surface area contributed by atoms with Crippen molar-refractivity contribution in [1.82, 2.24) is 0 Å². The van der Waals surface area contributed by atoms with Gasteiger partial charge >= 0.3 is 5.97 Å². The zero-order valence-corrected chi connectivity index (χ0v) is 11.4. The molecular formula is C16H18O3. The molecule has 1 N–H and O–H groups in total. The predicted octanol–water partition coefficient (Wildman–Crippen LogP) is 3.89. The number of phenols is 1. The third kappa shape index (κ3) is 2.55. The molecule has 0 unspecified atom stereocenters. The minimum Gasteiger partial charge on any atom is -0.504 e. The first-order valence-electron chi connectivity index (χ1n) is 6.38. The first-order valence-corrected chi connectivity index (χ1v) is 6.38. The van der Waals surface area contributed by atoms with Crippen molar-refractivity contribution in [3.63, 3.8) is 0 Å². The Morgan fingerprint density at radius 3 is 2.58 bits per heavy atom. The molecule has 2 aromatic carbocycles. The second-order valence-electron chi connectivity index (χ2n) is 5.26. The van der Waals surface area contributed by atoms with Gasteiger partial charge in [0.05, 0.1) is 5.41 Å². The molecule has 0 heterocycles. The third-order valence-corrected chi connectivity index (χ3v) is 3.50. The minimum atomic E-state index is -0.557. The molecule has 0 aliphatic rings. The van der Waals surface area contributed by atoms with Crippen LogP contribution in [0.25, 0.3) is 10.8 Å². The van der Waals surface area contributed by atoms with E-state index in [1.807, 2.05) is 45.0 Å². The van der Waals surface area contributed by atoms with Crippen molar-refractivity contribution in [2.24, 2.45) is 5.41 Å². The number of benzene rings is 2. The lowest BCUT2D eigenvalue weighted by atomic mass is 9.91. The average Bonchev–Trinajstić information content (AvgIpc) is 2.42. The number of carbonyl (C=O) groups excluding carboxylic acids is 1. The maximum Gasteiger partial charge on any atom is 0.317 e. The second kappa shape index (κ2) is 4.92. The van der Waals surface area contributed by atoms with Crippen molar-refractivity contribution in [1.29, 1.82) is 0 Å². The van der Waals surface area contributed by atoms with E-state index in [4.69, 9.17) is 4.74 Å². The Kier molecular flexibility index (Phi) is 3.47. The van der Waals surface area contributed by atoms with E-state index in [0.717, 1.165) is 5.39 Å². The monoisotopic (exact) mass is 258 g/mol. The van der Waals surface area contributed by atoms with Crippen LogP contribution in [0, 0.1) is 5.41 Å². The van der Waals surface area contributed by atoms with E-state index < -0.39 is 5.41 Å². The number of aromatic hydroxyl groups is 1. The molecule has 100 valence electrons. The smallest absolute Gasteiger partial charge is 0.317 e. The number of carbonyl (C=O) groups is 1. The van der Waals surface area contributed by atoms with Gasteiger partial charge in [-0.05, 0) is 31.7 Å². The van der Waals surface area contributed by atoms with Crippen LogP contribution in [-0.4, -0.2) is 11.1 Å². The molecule has 2 aromatic rings. The van der Waals surface area contributed by atoms with Gasteiger partial charge in [-0.25, -0.2) is 0 Å². The normalized spacial score (nSPS) is 11.5. The number of rotatable bonds is 3. The molecule has 0 aromatic heterocycles. The zero-order valence-electron chi connectivity index (χ0n) is 11.4. The second-order valence-corrected chi connectivity index (χ2v) is 5.26. The van der Waals surface area contributed by atoms with Crippen LogP contribution in [0.2, 0.25) is 0 Å². The van der Waals surface area contributed by atoms with Crippen LogP contribution in [0.3, 0.4) is 0 Å². The fourth-order valence-electron chi connectivity index (χ4n) is 1.70. The lowest BCUT2D eigenvalue weighted by Gasteiger charge is -2.20. The molecule has 0 radical (unpaired) electrons. The molecule has 19 heavy (non-hydrogen) atoms. The summed E-state index contributed by atoms with van der Waals surface area (Å²) in [5.74, 6) is -0.107. The van der Waals surface area contributed by atoms with Gasteiger partial charge in [0.1, 0.15) is 0 Å². The summed E-state index contributed by atoms with van der Waals surface area (Å²) in [6.07, 6.45) is 0.681. The molecule has 2 rings (SSSR count). The van der Waals surface area contributed by atoms with Gasteiger partial charge < -0.3 is 9.84 Å². The lowest BCUT2D eigenvalue weighted by Crippen LogP contribution is -2.28. The van der Waals surface area contributed by atoms with Crippen LogP contribution < -0.4 is 4.74 Å². The fourth-order valence-corrected chi connectivity index (χ4v) is 1.70. The SMILES string of the molecule is CCC(C)(C)C(=O)Oc1ccc2ccccc2c1O. The van der Waals surface area contributed by atoms with Crippen LogP contribution in [-0.2, 0) is 4.79 Å². The van der Waals surface area contributed by atoms with Crippen molar-refractivity contribution in [3.05, 3.63) is 36.4 Å². The predicted molar refractivity (Wildman–Crippen MR) is 75.3 cm³/mol. The summed E-state index contributed by atoms with van der Waals surface area (Å²) in [7, 11) is 0. The molecular weight excluding hydrogens is 240 g/mol. The van der Waals surface area contributed by atoms with Gasteiger partial charge in [-0.3, -0.25) is 4.79 Å². The van der Waals surface area contributed by atoms with Gasteiger partial charge in [-0.1, -0.05) is 37.3 Å². The molecule has 0 spiro atoms. The van der Waals surface area contributed by atoms with Crippen molar-refractivity contribution in [3.8, 4) is 11.5 Å². The molecule has 0 amide bonds. The highest BCUT2D eigenvalue weighted by atomic mass is 16.5. The molecule has 0 fully saturated rings. The Hall–Kier alpha value is -2.03. The van der Waals surface area contributed by atoms with Gasteiger partial charge in [0.25, 0.3) is 0 Å². The van der Waals surface area contributed by atoms with Crippen molar-refractivity contribution in [2.75, 3.05) is 0 Å². The maximum atomic E-state index is 12.0. The first kappa shape index (κ1) is 13.4. The molecule has 0 atom stereocenters. The summed E-state index contributed by atoms with van der Waals surface area (Å²) in [5.41, 5.74) is -0.557. The van der Waals surface area contributed by atoms with E-state index in [-0.39, 0.29) is 17.5 Å². The Labute approximate surface area is 112 Å². The van der Waals surface area contributed by atoms with Crippen molar-refractivity contribution in [2.45, 2.75) is 27.2 Å². The molecule has 0 saturated heterocycles. The van der Waals surface area contributed by atoms with Crippen LogP contribution in [0.4, 0.5) is 0 Å². The standard InChI is InChI=1S/C16H18O3/c1-4-16(2,3)15(18)19-13-10-9-11-7-5-6-8-12(11)14(13)17/h5-10,17H,4H2,1-3H3. The largest absolute Gasteiger partial charge is 0.504 e. The highest BCUT2D eigenvalue weighted by Gasteiger charge is 2.28. The lowest BCUT2D eigenvalue weighted by molar-refractivity contribution is -0.144. The van der Waals surface area contributed by atoms with Gasteiger partial charge in [-0.2, -0.15) is 0 Å². The molecule has 0 aliphatic carbocycles. The van der Waals surface area contributed by atoms with Gasteiger partial charge in [0.2, 0.25) is 0 Å². The summed E-state index contributed by atoms with van der Waals surface area (Å²) in [6.45, 7) is 5.59. The maximum absolute atomic E-state index is 12.0. The molecule has 0 bridgehead atoms. The first-order chi connectivity index (χ1) is 8.95. The van der Waals surface area contributed by atoms with Crippen molar-refractivity contribution >= 4 is 16.7 Å². The Morgan fingerprint density at radius 2 is 1.89 bits per heavy atom. The van der Waals surface area contributed by atoms with Gasteiger partial charge in [-0.15, -0.1) is 0 Å². The van der Waals surface area contributed by atoms with E-state index in [1.165, 1.54) is 0 Å². The topological polar surface area (TPSA) is 46.5 Å². The van der Waals surface area contributed by atoms with E-state index in [0.29, 0.717) is 11.8 Å². The molecule has 3 heteroatoms. The molecule has 0 saturated carbocycles. The number of hydrogen-bond acceptors (Lipinski definition) is 3. The summed E-state index contributed by atoms with van der Waals surface area (Å²) in [4.78, 5) is 12.0. The number of fused-ring (bicyclic) bond motifs is 1. The van der Waals surface area contributed by atoms with Gasteiger partial charge in [0.15, 0.2) is 11.5 Å². The van der Waals surface area contributed by atoms with Crippen LogP contribution in [0.5, 0.6) is 11.5 Å². The molecule has 0 aliphatic heterocycles. The summed E-state index contributed by atoms with van der Waals surface area (Å²) in [5, 5.41) is 11.8. The highest BCUT2D eigenvalue weighted by molar-refractivity contribution is 5.91. The van der Waals surface area contributed by atoms with E-state index in [9.17, 15) is 9.90 Å². The fraction of sp³-hybridized carbons (Fsp3) is 0.312. The minimum absolute atomic E-state index is 0.0124. The summed E-state index contributed by atoms with van der Waals surface area (Å²) < 4.78 is 5.32. The van der Waals surface area contributed by atoms with E-state index in [2.05, 4.69) is 0 Å². The number of phenolic OH excluding ortho intramolecular Hbond substituents is 1. The highest BCUT2D eigenvalue weighted by Crippen LogP contribution is 2.35. The third-order valence-electron chi connectivity index (χ3n) is 3.50. The Balaban J connectivity index is 2.37. The Bertz CT molecular complexity index is 614. The quantitative estimate of drug-likeness (QED) is 0.671. The van der Waals surface area contributed by atoms with Crippen LogP contribution in [0.15, 0.2) is 36.4 Å². The number of hydrogen-bond donors (Lipinski definition) is 1. The van der Waals surface area contributed by atoms with Crippen molar-refractivity contribution < 1.29 is 14.6 Å². The Morgan fingerprint density at radius 1 is 1.21 bits per heavy atom. The number of ether oxygens (including phenoxy) is 1. The van der Waals surface area contributed by atoms with E-state index in [1.54, 1.807) is 12.1 Å². The van der Waals surface area contributed by atoms with Gasteiger partial charge in [0, 0.05) is 5.39 Å². The molecule has 3 nitrogen and oxygen atoms in total. The van der Waals surface area contributed by atoms with Crippen LogP contribution >= 0.6 is 0 Å². The average molecular weight is 258 g/mol. The summed E-state index contributed by atoms with van der Waals surface area (Å²) >= 11 is 0. The van der Waals surface area contributed by atoms with E-state index >= 15 is 0 Å². The van der Waals surface area contributed by atoms with Crippen LogP contribution in [0.1, 0.15) is 27.2 Å². The summed E-state index contributed by atoms with van der Waals surface area (Å²) in [6, 6.07) is 10.9. The number of esters is 1.